The molecule has 154 valence electrons. The fraction of sp³-hybridized carbons (Fsp3) is 0.591. The van der Waals surface area contributed by atoms with Gasteiger partial charge in [0.2, 0.25) is 15.9 Å². The minimum absolute atomic E-state index is 0.0283. The molecule has 5 nitrogen and oxygen atoms in total. The fourth-order valence-electron chi connectivity index (χ4n) is 4.77. The van der Waals surface area contributed by atoms with Crippen LogP contribution in [0, 0.1) is 24.7 Å². The van der Waals surface area contributed by atoms with Crippen LogP contribution in [0.4, 0.5) is 0 Å². The van der Waals surface area contributed by atoms with Gasteiger partial charge in [-0.2, -0.15) is 0 Å². The second kappa shape index (κ2) is 9.23. The lowest BCUT2D eigenvalue weighted by Crippen LogP contribution is -2.43. The van der Waals surface area contributed by atoms with E-state index in [0.29, 0.717) is 29.1 Å². The maximum Gasteiger partial charge on any atom is 0.240 e. The molecule has 3 rings (SSSR count). The van der Waals surface area contributed by atoms with E-state index < -0.39 is 10.0 Å². The zero-order valence-electron chi connectivity index (χ0n) is 16.9. The number of sulfonamides is 1. The standard InChI is InChI=1S/C22H32N2O3S/c1-16-9-13-19(14-10-16)28(26,27)24-22-18-12-11-17(15-18)20(22)7-5-3-4-6-8-21(25)23-2/h3,5,9-10,13-14,17-18,20,22,24H,4,6-8,11-12,15H2,1-2H3,(H,23,25)/b5-3-. The van der Waals surface area contributed by atoms with Crippen LogP contribution in [-0.2, 0) is 14.8 Å². The van der Waals surface area contributed by atoms with Crippen molar-refractivity contribution in [1.82, 2.24) is 10.0 Å². The molecule has 0 radical (unpaired) electrons. The number of aryl methyl sites for hydroxylation is 1. The lowest BCUT2D eigenvalue weighted by atomic mass is 9.83. The molecular formula is C22H32N2O3S. The second-order valence-corrected chi connectivity index (χ2v) is 9.94. The summed E-state index contributed by atoms with van der Waals surface area (Å²) in [7, 11) is -1.83. The normalized spacial score (nSPS) is 26.8. The summed E-state index contributed by atoms with van der Waals surface area (Å²) >= 11 is 0. The molecule has 2 bridgehead atoms. The highest BCUT2D eigenvalue weighted by molar-refractivity contribution is 7.89. The van der Waals surface area contributed by atoms with Crippen molar-refractivity contribution >= 4 is 15.9 Å². The minimum atomic E-state index is -3.49. The average molecular weight is 405 g/mol. The number of unbranched alkanes of at least 4 members (excludes halogenated alkanes) is 1. The van der Waals surface area contributed by atoms with Crippen LogP contribution in [0.3, 0.4) is 0 Å². The van der Waals surface area contributed by atoms with E-state index in [1.165, 1.54) is 6.42 Å². The molecule has 4 unspecified atom stereocenters. The SMILES string of the molecule is CNC(=O)CCC/C=C\CC1C2CCC(C2)C1NS(=O)(=O)c1ccc(C)cc1. The van der Waals surface area contributed by atoms with E-state index in [4.69, 9.17) is 0 Å². The fourth-order valence-corrected chi connectivity index (χ4v) is 6.13. The summed E-state index contributed by atoms with van der Waals surface area (Å²) in [6, 6.07) is 7.09. The molecule has 0 saturated heterocycles. The zero-order valence-corrected chi connectivity index (χ0v) is 17.7. The Labute approximate surface area is 169 Å². The molecule has 4 atom stereocenters. The predicted octanol–water partition coefficient (Wildman–Crippen LogP) is 3.55. The summed E-state index contributed by atoms with van der Waals surface area (Å²) in [5.74, 6) is 1.52. The summed E-state index contributed by atoms with van der Waals surface area (Å²) in [5, 5.41) is 2.63. The summed E-state index contributed by atoms with van der Waals surface area (Å²) in [4.78, 5) is 11.6. The summed E-state index contributed by atoms with van der Waals surface area (Å²) in [5.41, 5.74) is 1.05. The Bertz CT molecular complexity index is 802. The first-order valence-electron chi connectivity index (χ1n) is 10.4. The van der Waals surface area contributed by atoms with Gasteiger partial charge in [-0.15, -0.1) is 0 Å². The van der Waals surface area contributed by atoms with Gasteiger partial charge in [-0.25, -0.2) is 13.1 Å². The Morgan fingerprint density at radius 2 is 1.86 bits per heavy atom. The first kappa shape index (κ1) is 21.1. The average Bonchev–Trinajstić information content (AvgIpc) is 3.26. The van der Waals surface area contributed by atoms with E-state index in [2.05, 4.69) is 22.2 Å². The highest BCUT2D eigenvalue weighted by atomic mass is 32.2. The molecule has 0 heterocycles. The number of nitrogens with one attached hydrogen (secondary N) is 2. The topological polar surface area (TPSA) is 75.3 Å². The number of benzene rings is 1. The van der Waals surface area contributed by atoms with Crippen molar-refractivity contribution < 1.29 is 13.2 Å². The Kier molecular flexibility index (Phi) is 6.94. The van der Waals surface area contributed by atoms with Gasteiger partial charge in [-0.3, -0.25) is 4.79 Å². The van der Waals surface area contributed by atoms with Crippen LogP contribution in [0.15, 0.2) is 41.3 Å². The van der Waals surface area contributed by atoms with Crippen LogP contribution in [-0.4, -0.2) is 27.4 Å². The van der Waals surface area contributed by atoms with Gasteiger partial charge in [0.25, 0.3) is 0 Å². The molecule has 1 aromatic rings. The van der Waals surface area contributed by atoms with Crippen molar-refractivity contribution in [2.75, 3.05) is 7.05 Å². The highest BCUT2D eigenvalue weighted by Gasteiger charge is 2.48. The number of hydrogen-bond donors (Lipinski definition) is 2. The van der Waals surface area contributed by atoms with E-state index >= 15 is 0 Å². The van der Waals surface area contributed by atoms with E-state index in [0.717, 1.165) is 37.7 Å². The number of rotatable bonds is 9. The van der Waals surface area contributed by atoms with Crippen LogP contribution in [0.2, 0.25) is 0 Å². The van der Waals surface area contributed by atoms with Crippen molar-refractivity contribution in [2.24, 2.45) is 17.8 Å². The number of allylic oxidation sites excluding steroid dienone is 2. The molecule has 2 N–H and O–H groups in total. The van der Waals surface area contributed by atoms with Crippen molar-refractivity contribution in [3.63, 3.8) is 0 Å². The molecule has 2 aliphatic carbocycles. The number of amides is 1. The summed E-state index contributed by atoms with van der Waals surface area (Å²) < 4.78 is 28.8. The van der Waals surface area contributed by atoms with Crippen molar-refractivity contribution in [3.05, 3.63) is 42.0 Å². The molecular weight excluding hydrogens is 372 g/mol. The number of fused-ring (bicyclic) bond motifs is 2. The Balaban J connectivity index is 1.58. The van der Waals surface area contributed by atoms with Crippen LogP contribution in [0.5, 0.6) is 0 Å². The minimum Gasteiger partial charge on any atom is -0.359 e. The molecule has 2 aliphatic rings. The van der Waals surface area contributed by atoms with Gasteiger partial charge in [0.05, 0.1) is 4.90 Å². The first-order valence-corrected chi connectivity index (χ1v) is 11.8. The third-order valence-electron chi connectivity index (χ3n) is 6.34. The second-order valence-electron chi connectivity index (χ2n) is 8.23. The van der Waals surface area contributed by atoms with Crippen LogP contribution in [0.1, 0.15) is 50.5 Å². The smallest absolute Gasteiger partial charge is 0.240 e. The Morgan fingerprint density at radius 3 is 2.57 bits per heavy atom. The molecule has 0 aromatic heterocycles. The molecule has 2 saturated carbocycles. The quantitative estimate of drug-likeness (QED) is 0.488. The molecule has 1 amide bonds. The molecule has 2 fully saturated rings. The van der Waals surface area contributed by atoms with E-state index in [1.807, 2.05) is 19.1 Å². The zero-order chi connectivity index (χ0) is 20.1. The predicted molar refractivity (Wildman–Crippen MR) is 111 cm³/mol. The van der Waals surface area contributed by atoms with Crippen LogP contribution >= 0.6 is 0 Å². The molecule has 6 heteroatoms. The van der Waals surface area contributed by atoms with E-state index in [-0.39, 0.29) is 11.9 Å². The highest BCUT2D eigenvalue weighted by Crippen LogP contribution is 2.50. The largest absolute Gasteiger partial charge is 0.359 e. The number of carbonyl (C=O) groups excluding carboxylic acids is 1. The molecule has 0 aliphatic heterocycles. The summed E-state index contributed by atoms with van der Waals surface area (Å²) in [6.07, 6.45) is 11.0. The Hall–Kier alpha value is -1.66. The summed E-state index contributed by atoms with van der Waals surface area (Å²) in [6.45, 7) is 1.96. The monoisotopic (exact) mass is 404 g/mol. The van der Waals surface area contributed by atoms with Gasteiger partial charge >= 0.3 is 0 Å². The van der Waals surface area contributed by atoms with Crippen molar-refractivity contribution in [1.29, 1.82) is 0 Å². The maximum atomic E-state index is 12.9. The van der Waals surface area contributed by atoms with Gasteiger partial charge in [-0.1, -0.05) is 29.8 Å². The molecule has 28 heavy (non-hydrogen) atoms. The van der Waals surface area contributed by atoms with Crippen molar-refractivity contribution in [3.8, 4) is 0 Å². The van der Waals surface area contributed by atoms with Gasteiger partial charge in [0, 0.05) is 19.5 Å². The Morgan fingerprint density at radius 1 is 1.14 bits per heavy atom. The van der Waals surface area contributed by atoms with E-state index in [9.17, 15) is 13.2 Å². The van der Waals surface area contributed by atoms with Gasteiger partial charge in [0.15, 0.2) is 0 Å². The lowest BCUT2D eigenvalue weighted by Gasteiger charge is -2.31. The molecule has 0 spiro atoms. The maximum absolute atomic E-state index is 12.9. The van der Waals surface area contributed by atoms with Gasteiger partial charge < -0.3 is 5.32 Å². The van der Waals surface area contributed by atoms with Gasteiger partial charge in [0.1, 0.15) is 0 Å². The van der Waals surface area contributed by atoms with Gasteiger partial charge in [-0.05, 0) is 75.3 Å². The van der Waals surface area contributed by atoms with Crippen LogP contribution in [0.25, 0.3) is 0 Å². The first-order chi connectivity index (χ1) is 13.4. The van der Waals surface area contributed by atoms with Crippen LogP contribution < -0.4 is 10.0 Å². The third kappa shape index (κ3) is 5.03. The number of carbonyl (C=O) groups is 1. The number of hydrogen-bond acceptors (Lipinski definition) is 3. The molecule has 1 aromatic carbocycles. The van der Waals surface area contributed by atoms with Crippen molar-refractivity contribution in [2.45, 2.75) is 62.8 Å². The van der Waals surface area contributed by atoms with E-state index in [1.54, 1.807) is 19.2 Å². The lowest BCUT2D eigenvalue weighted by molar-refractivity contribution is -0.120. The third-order valence-corrected chi connectivity index (χ3v) is 7.81.